The zero-order valence-corrected chi connectivity index (χ0v) is 12.8. The van der Waals surface area contributed by atoms with E-state index in [1.807, 2.05) is 0 Å². The van der Waals surface area contributed by atoms with Crippen LogP contribution in [0.1, 0.15) is 38.5 Å². The number of halogens is 1. The van der Waals surface area contributed by atoms with Crippen molar-refractivity contribution in [3.05, 3.63) is 22.7 Å². The van der Waals surface area contributed by atoms with Crippen molar-refractivity contribution in [1.82, 2.24) is 0 Å². The lowest BCUT2D eigenvalue weighted by Gasteiger charge is -2.37. The summed E-state index contributed by atoms with van der Waals surface area (Å²) in [4.78, 5) is 26.2. The lowest BCUT2D eigenvalue weighted by atomic mass is 9.76. The van der Waals surface area contributed by atoms with Gasteiger partial charge in [0, 0.05) is 23.0 Å². The van der Waals surface area contributed by atoms with Crippen LogP contribution in [0.4, 0.5) is 11.4 Å². The number of hydrogen-bond acceptors (Lipinski definition) is 3. The molecule has 106 valence electrons. The third-order valence-electron chi connectivity index (χ3n) is 4.43. The third kappa shape index (κ3) is 2.24. The number of rotatable bonds is 1. The number of nitrogens with two attached hydrogens (primary N) is 1. The molecule has 4 nitrogen and oxygen atoms in total. The molecule has 2 aliphatic rings. The Bertz CT molecular complexity index is 559. The van der Waals surface area contributed by atoms with Crippen LogP contribution < -0.4 is 10.6 Å². The zero-order chi connectivity index (χ0) is 14.3. The van der Waals surface area contributed by atoms with E-state index < -0.39 is 0 Å². The molecule has 1 aliphatic carbocycles. The molecule has 2 N–H and O–H groups in total. The maximum absolute atomic E-state index is 12.5. The van der Waals surface area contributed by atoms with E-state index in [-0.39, 0.29) is 17.2 Å². The quantitative estimate of drug-likeness (QED) is 0.632. The van der Waals surface area contributed by atoms with Gasteiger partial charge >= 0.3 is 0 Å². The standard InChI is InChI=1S/C15H17BrN2O2/c16-11-7-10(17)3-4-12(11)18-13(19)8-15(9-14(18)20)5-1-2-6-15/h3-4,7H,1-2,5-6,8-9,17H2. The molecule has 1 aliphatic heterocycles. The number of nitrogen functional groups attached to an aromatic ring is 1. The van der Waals surface area contributed by atoms with Crippen LogP contribution in [-0.4, -0.2) is 11.8 Å². The van der Waals surface area contributed by atoms with E-state index in [4.69, 9.17) is 5.73 Å². The summed E-state index contributed by atoms with van der Waals surface area (Å²) >= 11 is 3.39. The van der Waals surface area contributed by atoms with E-state index in [0.29, 0.717) is 28.7 Å². The van der Waals surface area contributed by atoms with E-state index in [2.05, 4.69) is 15.9 Å². The molecular formula is C15H17BrN2O2. The zero-order valence-electron chi connectivity index (χ0n) is 11.2. The van der Waals surface area contributed by atoms with Gasteiger partial charge in [-0.15, -0.1) is 0 Å². The van der Waals surface area contributed by atoms with E-state index in [9.17, 15) is 9.59 Å². The summed E-state index contributed by atoms with van der Waals surface area (Å²) < 4.78 is 0.682. The fraction of sp³-hybridized carbons (Fsp3) is 0.467. The van der Waals surface area contributed by atoms with Crippen molar-refractivity contribution >= 4 is 39.1 Å². The van der Waals surface area contributed by atoms with Gasteiger partial charge in [-0.3, -0.25) is 9.59 Å². The number of nitrogens with zero attached hydrogens (tertiary/aromatic N) is 1. The normalized spacial score (nSPS) is 21.8. The van der Waals surface area contributed by atoms with Gasteiger partial charge in [0.2, 0.25) is 11.8 Å². The Kier molecular flexibility index (Phi) is 3.32. The van der Waals surface area contributed by atoms with Crippen molar-refractivity contribution in [2.24, 2.45) is 5.41 Å². The molecule has 0 bridgehead atoms. The highest BCUT2D eigenvalue weighted by Gasteiger charge is 2.45. The molecule has 0 aromatic heterocycles. The number of imide groups is 1. The molecule has 0 radical (unpaired) electrons. The van der Waals surface area contributed by atoms with Gasteiger partial charge in [0.1, 0.15) is 0 Å². The van der Waals surface area contributed by atoms with Crippen LogP contribution in [0.15, 0.2) is 22.7 Å². The summed E-state index contributed by atoms with van der Waals surface area (Å²) in [5.41, 5.74) is 6.84. The average Bonchev–Trinajstić information content (AvgIpc) is 2.79. The van der Waals surface area contributed by atoms with Gasteiger partial charge in [0.15, 0.2) is 0 Å². The van der Waals surface area contributed by atoms with Gasteiger partial charge in [0.25, 0.3) is 0 Å². The lowest BCUT2D eigenvalue weighted by Crippen LogP contribution is -2.47. The van der Waals surface area contributed by atoms with E-state index in [0.717, 1.165) is 25.7 Å². The Balaban J connectivity index is 1.91. The first-order valence-corrected chi connectivity index (χ1v) is 7.71. The van der Waals surface area contributed by atoms with E-state index >= 15 is 0 Å². The van der Waals surface area contributed by atoms with Crippen LogP contribution in [0, 0.1) is 5.41 Å². The highest BCUT2D eigenvalue weighted by Crippen LogP contribution is 2.48. The summed E-state index contributed by atoms with van der Waals surface area (Å²) in [6.07, 6.45) is 5.23. The first-order valence-electron chi connectivity index (χ1n) is 6.92. The SMILES string of the molecule is Nc1ccc(N2C(=O)CC3(CCCC3)CC2=O)c(Br)c1. The minimum Gasteiger partial charge on any atom is -0.399 e. The largest absolute Gasteiger partial charge is 0.399 e. The van der Waals surface area contributed by atoms with E-state index in [1.54, 1.807) is 18.2 Å². The average molecular weight is 337 g/mol. The van der Waals surface area contributed by atoms with Gasteiger partial charge < -0.3 is 5.73 Å². The number of carbonyl (C=O) groups excluding carboxylic acids is 2. The molecule has 1 heterocycles. The summed E-state index contributed by atoms with van der Waals surface area (Å²) in [7, 11) is 0. The van der Waals surface area contributed by atoms with Crippen molar-refractivity contribution in [3.63, 3.8) is 0 Å². The fourth-order valence-corrected chi connectivity index (χ4v) is 4.03. The Labute approximate surface area is 126 Å². The van der Waals surface area contributed by atoms with Crippen LogP contribution in [0.3, 0.4) is 0 Å². The number of hydrogen-bond donors (Lipinski definition) is 1. The van der Waals surface area contributed by atoms with Crippen LogP contribution >= 0.6 is 15.9 Å². The van der Waals surface area contributed by atoms with Crippen molar-refractivity contribution in [1.29, 1.82) is 0 Å². The molecule has 3 rings (SSSR count). The number of anilines is 2. The molecule has 1 saturated carbocycles. The second-order valence-corrected chi connectivity index (χ2v) is 6.75. The Morgan fingerprint density at radius 2 is 1.70 bits per heavy atom. The molecule has 1 aromatic rings. The summed E-state index contributed by atoms with van der Waals surface area (Å²) in [5.74, 6) is -0.178. The molecule has 2 fully saturated rings. The molecule has 0 atom stereocenters. The second-order valence-electron chi connectivity index (χ2n) is 5.89. The van der Waals surface area contributed by atoms with Crippen LogP contribution in [0.25, 0.3) is 0 Å². The van der Waals surface area contributed by atoms with Crippen LogP contribution in [0.2, 0.25) is 0 Å². The van der Waals surface area contributed by atoms with Gasteiger partial charge in [-0.25, -0.2) is 4.90 Å². The van der Waals surface area contributed by atoms with Gasteiger partial charge in [-0.05, 0) is 52.4 Å². The molecule has 0 unspecified atom stereocenters. The summed E-state index contributed by atoms with van der Waals surface area (Å²) in [6.45, 7) is 0. The Morgan fingerprint density at radius 1 is 1.10 bits per heavy atom. The van der Waals surface area contributed by atoms with Gasteiger partial charge in [-0.2, -0.15) is 0 Å². The minimum absolute atomic E-state index is 0.0645. The van der Waals surface area contributed by atoms with E-state index in [1.165, 1.54) is 4.90 Å². The number of carbonyl (C=O) groups is 2. The van der Waals surface area contributed by atoms with Crippen molar-refractivity contribution < 1.29 is 9.59 Å². The predicted octanol–water partition coefficient (Wildman–Crippen LogP) is 3.25. The highest BCUT2D eigenvalue weighted by atomic mass is 79.9. The topological polar surface area (TPSA) is 63.4 Å². The Hall–Kier alpha value is -1.36. The van der Waals surface area contributed by atoms with Gasteiger partial charge in [-0.1, -0.05) is 12.8 Å². The maximum Gasteiger partial charge on any atom is 0.234 e. The molecule has 1 saturated heterocycles. The summed E-state index contributed by atoms with van der Waals surface area (Å²) in [5, 5.41) is 0. The first-order chi connectivity index (χ1) is 9.51. The lowest BCUT2D eigenvalue weighted by molar-refractivity contribution is -0.133. The monoisotopic (exact) mass is 336 g/mol. The molecule has 20 heavy (non-hydrogen) atoms. The smallest absolute Gasteiger partial charge is 0.234 e. The number of benzene rings is 1. The Morgan fingerprint density at radius 3 is 2.25 bits per heavy atom. The molecule has 2 amide bonds. The van der Waals surface area contributed by atoms with Crippen molar-refractivity contribution in [3.8, 4) is 0 Å². The predicted molar refractivity (Wildman–Crippen MR) is 81.2 cm³/mol. The van der Waals surface area contributed by atoms with Crippen molar-refractivity contribution in [2.75, 3.05) is 10.6 Å². The fourth-order valence-electron chi connectivity index (χ4n) is 3.45. The minimum atomic E-state index is -0.0892. The van der Waals surface area contributed by atoms with Crippen LogP contribution in [-0.2, 0) is 9.59 Å². The van der Waals surface area contributed by atoms with Crippen LogP contribution in [0.5, 0.6) is 0 Å². The molecule has 1 spiro atoms. The first kappa shape index (κ1) is 13.6. The summed E-state index contributed by atoms with van der Waals surface area (Å²) in [6, 6.07) is 5.15. The van der Waals surface area contributed by atoms with Crippen molar-refractivity contribution in [2.45, 2.75) is 38.5 Å². The number of amides is 2. The third-order valence-corrected chi connectivity index (χ3v) is 5.06. The van der Waals surface area contributed by atoms with Gasteiger partial charge in [0.05, 0.1) is 5.69 Å². The molecule has 1 aromatic carbocycles. The molecular weight excluding hydrogens is 320 g/mol. The highest BCUT2D eigenvalue weighted by molar-refractivity contribution is 9.10. The number of piperidine rings is 1. The maximum atomic E-state index is 12.5. The second kappa shape index (κ2) is 4.88. The molecule has 5 heteroatoms.